The molecule has 0 aliphatic carbocycles. The van der Waals surface area contributed by atoms with Crippen molar-refractivity contribution in [3.63, 3.8) is 0 Å². The molecule has 1 aromatic rings. The highest BCUT2D eigenvalue weighted by atomic mass is 19.1. The van der Waals surface area contributed by atoms with Crippen LogP contribution in [0.2, 0.25) is 0 Å². The summed E-state index contributed by atoms with van der Waals surface area (Å²) in [6, 6.07) is 4.77. The summed E-state index contributed by atoms with van der Waals surface area (Å²) in [4.78, 5) is 0. The first kappa shape index (κ1) is 13.1. The van der Waals surface area contributed by atoms with Crippen molar-refractivity contribution in [3.8, 4) is 0 Å². The van der Waals surface area contributed by atoms with Gasteiger partial charge >= 0.3 is 0 Å². The number of aryl methyl sites for hydroxylation is 1. The Morgan fingerprint density at radius 2 is 2.12 bits per heavy atom. The van der Waals surface area contributed by atoms with E-state index in [-0.39, 0.29) is 5.82 Å². The van der Waals surface area contributed by atoms with E-state index in [1.54, 1.807) is 12.1 Å². The van der Waals surface area contributed by atoms with Crippen molar-refractivity contribution in [2.75, 3.05) is 6.54 Å². The second kappa shape index (κ2) is 4.93. The fraction of sp³-hybridized carbons (Fsp3) is 0.538. The van der Waals surface area contributed by atoms with Crippen LogP contribution >= 0.6 is 0 Å². The van der Waals surface area contributed by atoms with Crippen LogP contribution in [-0.2, 0) is 0 Å². The number of nitrogens with two attached hydrogens (primary N) is 1. The summed E-state index contributed by atoms with van der Waals surface area (Å²) >= 11 is 0. The van der Waals surface area contributed by atoms with Crippen LogP contribution in [0.5, 0.6) is 0 Å². The summed E-state index contributed by atoms with van der Waals surface area (Å²) in [5, 5.41) is 10.2. The number of rotatable bonds is 4. The Bertz CT molecular complexity index is 361. The molecule has 0 aliphatic heterocycles. The fourth-order valence-corrected chi connectivity index (χ4v) is 1.70. The van der Waals surface area contributed by atoms with Gasteiger partial charge in [-0.15, -0.1) is 0 Å². The summed E-state index contributed by atoms with van der Waals surface area (Å²) < 4.78 is 13.6. The second-order valence-electron chi connectivity index (χ2n) is 4.64. The Kier molecular flexibility index (Phi) is 4.05. The SMILES string of the molecule is CCC(C)(CN)C(O)c1cc(C)ccc1F. The van der Waals surface area contributed by atoms with E-state index >= 15 is 0 Å². The van der Waals surface area contributed by atoms with E-state index in [4.69, 9.17) is 5.73 Å². The summed E-state index contributed by atoms with van der Waals surface area (Å²) in [6.07, 6.45) is -0.152. The minimum Gasteiger partial charge on any atom is -0.388 e. The minimum absolute atomic E-state index is 0.331. The first-order chi connectivity index (χ1) is 7.44. The van der Waals surface area contributed by atoms with Gasteiger partial charge in [-0.25, -0.2) is 4.39 Å². The predicted octanol–water partition coefficient (Wildman–Crippen LogP) is 2.54. The highest BCUT2D eigenvalue weighted by Gasteiger charge is 2.32. The topological polar surface area (TPSA) is 46.2 Å². The molecule has 0 spiro atoms. The van der Waals surface area contributed by atoms with Crippen molar-refractivity contribution in [3.05, 3.63) is 35.1 Å². The zero-order valence-electron chi connectivity index (χ0n) is 10.1. The molecule has 1 aromatic carbocycles. The molecule has 90 valence electrons. The van der Waals surface area contributed by atoms with Gasteiger partial charge in [0.25, 0.3) is 0 Å². The van der Waals surface area contributed by atoms with E-state index in [0.717, 1.165) is 5.56 Å². The number of aliphatic hydroxyl groups is 1. The van der Waals surface area contributed by atoms with E-state index in [0.29, 0.717) is 18.5 Å². The van der Waals surface area contributed by atoms with Crippen molar-refractivity contribution in [1.82, 2.24) is 0 Å². The molecule has 3 heteroatoms. The minimum atomic E-state index is -0.859. The van der Waals surface area contributed by atoms with Crippen LogP contribution < -0.4 is 5.73 Å². The maximum absolute atomic E-state index is 13.6. The van der Waals surface area contributed by atoms with Crippen molar-refractivity contribution in [2.45, 2.75) is 33.3 Å². The highest BCUT2D eigenvalue weighted by molar-refractivity contribution is 5.27. The molecule has 0 fully saturated rings. The monoisotopic (exact) mass is 225 g/mol. The molecular formula is C13H20FNO. The van der Waals surface area contributed by atoms with E-state index in [1.165, 1.54) is 6.07 Å². The number of aliphatic hydroxyl groups excluding tert-OH is 1. The number of hydrogen-bond acceptors (Lipinski definition) is 2. The van der Waals surface area contributed by atoms with E-state index < -0.39 is 11.5 Å². The van der Waals surface area contributed by atoms with Crippen LogP contribution in [0, 0.1) is 18.2 Å². The van der Waals surface area contributed by atoms with Crippen molar-refractivity contribution >= 4 is 0 Å². The van der Waals surface area contributed by atoms with Gasteiger partial charge in [0.05, 0.1) is 6.10 Å². The molecule has 16 heavy (non-hydrogen) atoms. The van der Waals surface area contributed by atoms with Gasteiger partial charge in [0.15, 0.2) is 0 Å². The molecule has 0 aliphatic rings. The van der Waals surface area contributed by atoms with E-state index in [1.807, 2.05) is 20.8 Å². The molecule has 2 unspecified atom stereocenters. The Balaban J connectivity index is 3.12. The highest BCUT2D eigenvalue weighted by Crippen LogP contribution is 2.37. The van der Waals surface area contributed by atoms with Gasteiger partial charge < -0.3 is 10.8 Å². The molecule has 0 aromatic heterocycles. The molecule has 0 bridgehead atoms. The third-order valence-corrected chi connectivity index (χ3v) is 3.38. The smallest absolute Gasteiger partial charge is 0.129 e. The van der Waals surface area contributed by atoms with E-state index in [9.17, 15) is 9.50 Å². The number of hydrogen-bond donors (Lipinski definition) is 2. The van der Waals surface area contributed by atoms with Gasteiger partial charge in [-0.2, -0.15) is 0 Å². The summed E-state index contributed by atoms with van der Waals surface area (Å²) in [7, 11) is 0. The average Bonchev–Trinajstić information content (AvgIpc) is 2.30. The van der Waals surface area contributed by atoms with Crippen LogP contribution in [0.1, 0.15) is 37.5 Å². The molecule has 2 nitrogen and oxygen atoms in total. The summed E-state index contributed by atoms with van der Waals surface area (Å²) in [5.74, 6) is -0.369. The van der Waals surface area contributed by atoms with Crippen molar-refractivity contribution < 1.29 is 9.50 Å². The zero-order chi connectivity index (χ0) is 12.3. The quantitative estimate of drug-likeness (QED) is 0.827. The molecule has 0 heterocycles. The number of benzene rings is 1. The predicted molar refractivity (Wildman–Crippen MR) is 63.5 cm³/mol. The standard InChI is InChI=1S/C13H20FNO/c1-4-13(3,8-15)12(16)10-7-9(2)5-6-11(10)14/h5-7,12,16H,4,8,15H2,1-3H3. The van der Waals surface area contributed by atoms with Crippen LogP contribution in [0.4, 0.5) is 4.39 Å². The lowest BCUT2D eigenvalue weighted by Crippen LogP contribution is -2.33. The van der Waals surface area contributed by atoms with Crippen molar-refractivity contribution in [2.24, 2.45) is 11.1 Å². The largest absolute Gasteiger partial charge is 0.388 e. The van der Waals surface area contributed by atoms with Gasteiger partial charge in [0.2, 0.25) is 0 Å². The normalized spacial score (nSPS) is 16.9. The van der Waals surface area contributed by atoms with Gasteiger partial charge in [0.1, 0.15) is 5.82 Å². The lowest BCUT2D eigenvalue weighted by Gasteiger charge is -2.32. The van der Waals surface area contributed by atoms with Gasteiger partial charge in [0, 0.05) is 17.5 Å². The summed E-state index contributed by atoms with van der Waals surface area (Å²) in [6.45, 7) is 6.03. The molecule has 2 atom stereocenters. The van der Waals surface area contributed by atoms with Crippen LogP contribution in [-0.4, -0.2) is 11.7 Å². The molecular weight excluding hydrogens is 205 g/mol. The lowest BCUT2D eigenvalue weighted by molar-refractivity contribution is 0.0363. The maximum Gasteiger partial charge on any atom is 0.129 e. The van der Waals surface area contributed by atoms with Crippen LogP contribution in [0.15, 0.2) is 18.2 Å². The average molecular weight is 225 g/mol. The molecule has 0 saturated carbocycles. The van der Waals surface area contributed by atoms with Crippen LogP contribution in [0.3, 0.4) is 0 Å². The summed E-state index contributed by atoms with van der Waals surface area (Å²) in [5.41, 5.74) is 6.46. The molecule has 0 saturated heterocycles. The van der Waals surface area contributed by atoms with Crippen LogP contribution in [0.25, 0.3) is 0 Å². The third kappa shape index (κ3) is 2.42. The second-order valence-corrected chi connectivity index (χ2v) is 4.64. The Labute approximate surface area is 96.3 Å². The first-order valence-corrected chi connectivity index (χ1v) is 5.59. The Hall–Kier alpha value is -0.930. The Morgan fingerprint density at radius 1 is 1.50 bits per heavy atom. The van der Waals surface area contributed by atoms with Gasteiger partial charge in [-0.05, 0) is 19.4 Å². The first-order valence-electron chi connectivity index (χ1n) is 5.59. The molecule has 3 N–H and O–H groups in total. The third-order valence-electron chi connectivity index (χ3n) is 3.38. The van der Waals surface area contributed by atoms with Gasteiger partial charge in [-0.3, -0.25) is 0 Å². The lowest BCUT2D eigenvalue weighted by atomic mass is 9.78. The van der Waals surface area contributed by atoms with Gasteiger partial charge in [-0.1, -0.05) is 31.5 Å². The number of halogens is 1. The Morgan fingerprint density at radius 3 is 2.62 bits per heavy atom. The van der Waals surface area contributed by atoms with E-state index in [2.05, 4.69) is 0 Å². The molecule has 0 amide bonds. The zero-order valence-corrected chi connectivity index (χ0v) is 10.1. The van der Waals surface area contributed by atoms with Crippen molar-refractivity contribution in [1.29, 1.82) is 0 Å². The fourth-order valence-electron chi connectivity index (χ4n) is 1.70. The maximum atomic E-state index is 13.6. The molecule has 1 rings (SSSR count). The molecule has 0 radical (unpaired) electrons.